The van der Waals surface area contributed by atoms with Crippen LogP contribution in [0.3, 0.4) is 0 Å². The summed E-state index contributed by atoms with van der Waals surface area (Å²) in [4.78, 5) is 11.4. The summed E-state index contributed by atoms with van der Waals surface area (Å²) in [7, 11) is 0. The van der Waals surface area contributed by atoms with E-state index in [-0.39, 0.29) is 5.69 Å². The predicted molar refractivity (Wildman–Crippen MR) is 71.6 cm³/mol. The Bertz CT molecular complexity index is 484. The standard InChI is InChI=1S/C10H5BrF6INO/c11-8(9(12,13)14,10(15,16)17)7(20)19-6-3-1-5(18)2-4-6/h1-4H,(H,19,20). The molecule has 20 heavy (non-hydrogen) atoms. The maximum atomic E-state index is 12.6. The van der Waals surface area contributed by atoms with Gasteiger partial charge in [0.2, 0.25) is 0 Å². The Morgan fingerprint density at radius 1 is 1.00 bits per heavy atom. The van der Waals surface area contributed by atoms with E-state index in [1.807, 2.05) is 22.6 Å². The number of hydrogen-bond donors (Lipinski definition) is 1. The Kier molecular flexibility index (Phi) is 4.99. The topological polar surface area (TPSA) is 29.1 Å². The molecule has 0 bridgehead atoms. The first-order chi connectivity index (χ1) is 8.89. The van der Waals surface area contributed by atoms with E-state index in [4.69, 9.17) is 0 Å². The molecule has 0 aliphatic carbocycles. The lowest BCUT2D eigenvalue weighted by Crippen LogP contribution is -2.59. The van der Waals surface area contributed by atoms with Gasteiger partial charge in [0.1, 0.15) is 0 Å². The van der Waals surface area contributed by atoms with Crippen molar-refractivity contribution in [1.82, 2.24) is 0 Å². The number of alkyl halides is 7. The van der Waals surface area contributed by atoms with Crippen molar-refractivity contribution in [2.75, 3.05) is 5.32 Å². The largest absolute Gasteiger partial charge is 0.421 e. The van der Waals surface area contributed by atoms with Gasteiger partial charge in [-0.2, -0.15) is 26.3 Å². The van der Waals surface area contributed by atoms with E-state index in [1.165, 1.54) is 40.2 Å². The fourth-order valence-corrected chi connectivity index (χ4v) is 1.63. The van der Waals surface area contributed by atoms with Crippen molar-refractivity contribution in [3.8, 4) is 0 Å². The van der Waals surface area contributed by atoms with Gasteiger partial charge in [0.25, 0.3) is 10.2 Å². The van der Waals surface area contributed by atoms with E-state index in [0.717, 1.165) is 0 Å². The van der Waals surface area contributed by atoms with Crippen molar-refractivity contribution in [3.05, 3.63) is 27.8 Å². The molecule has 0 radical (unpaired) electrons. The highest BCUT2D eigenvalue weighted by Crippen LogP contribution is 2.50. The Labute approximate surface area is 131 Å². The van der Waals surface area contributed by atoms with Crippen LogP contribution in [0.5, 0.6) is 0 Å². The minimum absolute atomic E-state index is 0.173. The number of anilines is 1. The van der Waals surface area contributed by atoms with Crippen LogP contribution in [-0.2, 0) is 4.79 Å². The third kappa shape index (κ3) is 3.38. The van der Waals surface area contributed by atoms with Crippen LogP contribution in [-0.4, -0.2) is 22.6 Å². The summed E-state index contributed by atoms with van der Waals surface area (Å²) < 4.78 is 71.6. The van der Waals surface area contributed by atoms with Gasteiger partial charge in [-0.1, -0.05) is 15.9 Å². The molecule has 0 heterocycles. The van der Waals surface area contributed by atoms with Crippen LogP contribution >= 0.6 is 38.5 Å². The van der Waals surface area contributed by atoms with Crippen LogP contribution in [0.15, 0.2) is 24.3 Å². The molecule has 2 nitrogen and oxygen atoms in total. The lowest BCUT2D eigenvalue weighted by Gasteiger charge is -2.30. The lowest BCUT2D eigenvalue weighted by atomic mass is 10.1. The Hall–Kier alpha value is -0.520. The highest BCUT2D eigenvalue weighted by Gasteiger charge is 2.74. The second kappa shape index (κ2) is 5.70. The minimum Gasteiger partial charge on any atom is -0.324 e. The molecular weight excluding hydrogens is 471 g/mol. The first-order valence-corrected chi connectivity index (χ1v) is 6.66. The molecule has 1 rings (SSSR count). The molecule has 112 valence electrons. The number of nitrogens with one attached hydrogen (secondary N) is 1. The molecule has 0 unspecified atom stereocenters. The van der Waals surface area contributed by atoms with Gasteiger partial charge in [0, 0.05) is 9.26 Å². The molecule has 0 aliphatic heterocycles. The highest BCUT2D eigenvalue weighted by atomic mass is 127. The van der Waals surface area contributed by atoms with E-state index in [9.17, 15) is 31.1 Å². The third-order valence-electron chi connectivity index (χ3n) is 2.20. The fourth-order valence-electron chi connectivity index (χ4n) is 1.17. The fraction of sp³-hybridized carbons (Fsp3) is 0.300. The quantitative estimate of drug-likeness (QED) is 0.381. The summed E-state index contributed by atoms with van der Waals surface area (Å²) >= 11 is 3.39. The molecule has 0 atom stereocenters. The zero-order valence-electron chi connectivity index (χ0n) is 9.24. The van der Waals surface area contributed by atoms with Crippen molar-refractivity contribution in [1.29, 1.82) is 0 Å². The number of benzene rings is 1. The van der Waals surface area contributed by atoms with Crippen molar-refractivity contribution in [3.63, 3.8) is 0 Å². The molecule has 1 N–H and O–H groups in total. The summed E-state index contributed by atoms with van der Waals surface area (Å²) in [6.07, 6.45) is -11.7. The molecule has 0 fully saturated rings. The monoisotopic (exact) mass is 475 g/mol. The number of carbonyl (C=O) groups excluding carboxylic acids is 1. The zero-order valence-corrected chi connectivity index (χ0v) is 13.0. The maximum Gasteiger partial charge on any atom is 0.421 e. The van der Waals surface area contributed by atoms with Gasteiger partial charge in [0.05, 0.1) is 0 Å². The van der Waals surface area contributed by atoms with Gasteiger partial charge in [-0.15, -0.1) is 0 Å². The molecule has 0 aliphatic rings. The van der Waals surface area contributed by atoms with Crippen molar-refractivity contribution < 1.29 is 31.1 Å². The van der Waals surface area contributed by atoms with Gasteiger partial charge in [-0.3, -0.25) is 4.79 Å². The van der Waals surface area contributed by atoms with E-state index in [0.29, 0.717) is 3.57 Å². The van der Waals surface area contributed by atoms with Crippen molar-refractivity contribution in [2.24, 2.45) is 0 Å². The summed E-state index contributed by atoms with van der Waals surface area (Å²) in [6, 6.07) is 5.24. The van der Waals surface area contributed by atoms with E-state index in [1.54, 1.807) is 5.32 Å². The molecule has 1 amide bonds. The van der Waals surface area contributed by atoms with Crippen LogP contribution in [0, 0.1) is 3.57 Å². The summed E-state index contributed by atoms with van der Waals surface area (Å²) in [5, 5.41) is 1.59. The molecule has 0 saturated heterocycles. The summed E-state index contributed by atoms with van der Waals surface area (Å²) in [5.74, 6) is -2.25. The average molecular weight is 476 g/mol. The SMILES string of the molecule is O=C(Nc1ccc(I)cc1)C(Br)(C(F)(F)F)C(F)(F)F. The van der Waals surface area contributed by atoms with Crippen LogP contribution in [0.1, 0.15) is 0 Å². The number of amides is 1. The van der Waals surface area contributed by atoms with Crippen molar-refractivity contribution in [2.45, 2.75) is 16.7 Å². The molecule has 1 aromatic carbocycles. The molecule has 0 spiro atoms. The molecule has 1 aromatic rings. The molecule has 0 saturated carbocycles. The van der Waals surface area contributed by atoms with E-state index in [2.05, 4.69) is 0 Å². The summed E-state index contributed by atoms with van der Waals surface area (Å²) in [5.41, 5.74) is -0.173. The zero-order chi connectivity index (χ0) is 15.8. The maximum absolute atomic E-state index is 12.6. The van der Waals surface area contributed by atoms with Gasteiger partial charge < -0.3 is 5.32 Å². The van der Waals surface area contributed by atoms with Crippen LogP contribution < -0.4 is 5.32 Å². The molecule has 10 heteroatoms. The summed E-state index contributed by atoms with van der Waals surface area (Å²) in [6.45, 7) is 0. The number of rotatable bonds is 2. The van der Waals surface area contributed by atoms with Gasteiger partial charge in [-0.05, 0) is 46.9 Å². The van der Waals surface area contributed by atoms with E-state index < -0.39 is 22.6 Å². The highest BCUT2D eigenvalue weighted by molar-refractivity contribution is 14.1. The predicted octanol–water partition coefficient (Wildman–Crippen LogP) is 4.49. The van der Waals surface area contributed by atoms with Crippen LogP contribution in [0.25, 0.3) is 0 Å². The lowest BCUT2D eigenvalue weighted by molar-refractivity contribution is -0.253. The second-order valence-corrected chi connectivity index (χ2v) is 6.05. The molecule has 0 aromatic heterocycles. The minimum atomic E-state index is -5.83. The van der Waals surface area contributed by atoms with Gasteiger partial charge in [0.15, 0.2) is 0 Å². The smallest absolute Gasteiger partial charge is 0.324 e. The normalized spacial score (nSPS) is 13.2. The third-order valence-corrected chi connectivity index (χ3v) is 4.17. The first kappa shape index (κ1) is 17.5. The van der Waals surface area contributed by atoms with Crippen molar-refractivity contribution >= 4 is 50.1 Å². The van der Waals surface area contributed by atoms with Gasteiger partial charge in [-0.25, -0.2) is 0 Å². The number of hydrogen-bond acceptors (Lipinski definition) is 1. The van der Waals surface area contributed by atoms with Gasteiger partial charge >= 0.3 is 12.4 Å². The average Bonchev–Trinajstić information content (AvgIpc) is 2.28. The number of halogens is 8. The Balaban J connectivity index is 3.11. The van der Waals surface area contributed by atoms with E-state index >= 15 is 0 Å². The second-order valence-electron chi connectivity index (χ2n) is 3.62. The Morgan fingerprint density at radius 3 is 1.75 bits per heavy atom. The number of carbonyl (C=O) groups is 1. The molecular formula is C10H5BrF6INO. The first-order valence-electron chi connectivity index (χ1n) is 4.79. The Morgan fingerprint density at radius 2 is 1.40 bits per heavy atom. The van der Waals surface area contributed by atoms with Crippen LogP contribution in [0.4, 0.5) is 32.0 Å². The van der Waals surface area contributed by atoms with Crippen LogP contribution in [0.2, 0.25) is 0 Å².